The summed E-state index contributed by atoms with van der Waals surface area (Å²) < 4.78 is 1.67. The van der Waals surface area contributed by atoms with E-state index in [-0.39, 0.29) is 0 Å². The number of likely N-dealkylation sites (tertiary alicyclic amines) is 1. The van der Waals surface area contributed by atoms with Crippen molar-refractivity contribution in [1.82, 2.24) is 25.0 Å². The minimum absolute atomic E-state index is 0.317. The number of piperidine rings is 1. The molecule has 3 aromatic carbocycles. The third kappa shape index (κ3) is 6.28. The van der Waals surface area contributed by atoms with E-state index in [2.05, 4.69) is 75.8 Å². The van der Waals surface area contributed by atoms with Gasteiger partial charge in [0, 0.05) is 24.2 Å². The van der Waals surface area contributed by atoms with E-state index in [4.69, 9.17) is 11.6 Å². The molecular weight excluding hydrogens is 482 g/mol. The molecule has 2 heterocycles. The van der Waals surface area contributed by atoms with E-state index in [1.807, 2.05) is 24.3 Å². The standard InChI is InChI=1S/C30H34ClN5O/c1-23-25(8-5-9-29(23)24-6-3-2-4-7-24)18-35-16-14-28(15-17-35)33-19-30(37,20-36-22-32-21-34-36)26-10-12-27(31)13-11-26/h2-13,21-22,28,33,37H,14-20H2,1H3. The first kappa shape index (κ1) is 25.6. The second kappa shape index (κ2) is 11.6. The molecule has 1 atom stereocenters. The van der Waals surface area contributed by atoms with Crippen LogP contribution in [0.3, 0.4) is 0 Å². The number of benzene rings is 3. The third-order valence-electron chi connectivity index (χ3n) is 7.47. The van der Waals surface area contributed by atoms with E-state index in [0.717, 1.165) is 38.0 Å². The molecule has 0 bridgehead atoms. The van der Waals surface area contributed by atoms with Crippen LogP contribution in [0.2, 0.25) is 5.02 Å². The molecule has 1 saturated heterocycles. The topological polar surface area (TPSA) is 66.2 Å². The first-order chi connectivity index (χ1) is 18.0. The molecule has 1 aromatic heterocycles. The van der Waals surface area contributed by atoms with Crippen LogP contribution in [0.4, 0.5) is 0 Å². The van der Waals surface area contributed by atoms with Gasteiger partial charge in [-0.3, -0.25) is 4.90 Å². The highest BCUT2D eigenvalue weighted by atomic mass is 35.5. The minimum Gasteiger partial charge on any atom is -0.382 e. The summed E-state index contributed by atoms with van der Waals surface area (Å²) in [5.41, 5.74) is 5.01. The molecule has 0 saturated carbocycles. The summed E-state index contributed by atoms with van der Waals surface area (Å²) in [6, 6.07) is 25.0. The lowest BCUT2D eigenvalue weighted by molar-refractivity contribution is 0.0104. The van der Waals surface area contributed by atoms with E-state index in [9.17, 15) is 5.11 Å². The maximum absolute atomic E-state index is 11.7. The van der Waals surface area contributed by atoms with Gasteiger partial charge >= 0.3 is 0 Å². The number of hydrogen-bond donors (Lipinski definition) is 2. The van der Waals surface area contributed by atoms with E-state index < -0.39 is 5.60 Å². The highest BCUT2D eigenvalue weighted by molar-refractivity contribution is 6.30. The predicted molar refractivity (Wildman–Crippen MR) is 148 cm³/mol. The van der Waals surface area contributed by atoms with Crippen molar-refractivity contribution in [2.45, 2.75) is 44.5 Å². The number of aromatic nitrogens is 3. The number of nitrogens with zero attached hydrogens (tertiary/aromatic N) is 4. The summed E-state index contributed by atoms with van der Waals surface area (Å²) in [4.78, 5) is 6.57. The molecule has 4 aromatic rings. The number of rotatable bonds is 9. The number of aliphatic hydroxyl groups is 1. The van der Waals surface area contributed by atoms with Gasteiger partial charge in [-0.15, -0.1) is 0 Å². The summed E-state index contributed by atoms with van der Waals surface area (Å²) in [6.45, 7) is 5.98. The molecule has 1 fully saturated rings. The Morgan fingerprint density at radius 3 is 2.46 bits per heavy atom. The van der Waals surface area contributed by atoms with Crippen molar-refractivity contribution in [2.75, 3.05) is 19.6 Å². The molecule has 2 N–H and O–H groups in total. The van der Waals surface area contributed by atoms with Crippen molar-refractivity contribution in [3.63, 3.8) is 0 Å². The summed E-state index contributed by atoms with van der Waals surface area (Å²) in [6.07, 6.45) is 5.20. The number of nitrogens with one attached hydrogen (secondary N) is 1. The fourth-order valence-electron chi connectivity index (χ4n) is 5.23. The molecule has 5 rings (SSSR count). The zero-order chi connectivity index (χ0) is 25.7. The highest BCUT2D eigenvalue weighted by Crippen LogP contribution is 2.28. The molecule has 192 valence electrons. The predicted octanol–water partition coefficient (Wildman–Crippen LogP) is 5.05. The molecule has 6 nitrogen and oxygen atoms in total. The van der Waals surface area contributed by atoms with E-state index >= 15 is 0 Å². The molecule has 1 aliphatic heterocycles. The lowest BCUT2D eigenvalue weighted by atomic mass is 9.92. The largest absolute Gasteiger partial charge is 0.382 e. The zero-order valence-corrected chi connectivity index (χ0v) is 22.0. The SMILES string of the molecule is Cc1c(CN2CCC(NCC(O)(Cn3cncn3)c3ccc(Cl)cc3)CC2)cccc1-c1ccccc1. The van der Waals surface area contributed by atoms with Crippen LogP contribution in [0, 0.1) is 6.92 Å². The van der Waals surface area contributed by atoms with Crippen LogP contribution in [-0.2, 0) is 18.7 Å². The quantitative estimate of drug-likeness (QED) is 0.326. The Kier molecular flexibility index (Phi) is 8.01. The second-order valence-corrected chi connectivity index (χ2v) is 10.5. The highest BCUT2D eigenvalue weighted by Gasteiger charge is 2.32. The van der Waals surface area contributed by atoms with E-state index in [1.54, 1.807) is 11.0 Å². The van der Waals surface area contributed by atoms with Crippen molar-refractivity contribution >= 4 is 11.6 Å². The van der Waals surface area contributed by atoms with Crippen molar-refractivity contribution in [2.24, 2.45) is 0 Å². The zero-order valence-electron chi connectivity index (χ0n) is 21.2. The average molecular weight is 516 g/mol. The van der Waals surface area contributed by atoms with Crippen LogP contribution in [0.5, 0.6) is 0 Å². The van der Waals surface area contributed by atoms with E-state index in [0.29, 0.717) is 24.2 Å². The maximum atomic E-state index is 11.7. The van der Waals surface area contributed by atoms with Gasteiger partial charge in [0.2, 0.25) is 0 Å². The Morgan fingerprint density at radius 2 is 1.76 bits per heavy atom. The first-order valence-electron chi connectivity index (χ1n) is 12.9. The first-order valence-corrected chi connectivity index (χ1v) is 13.3. The third-order valence-corrected chi connectivity index (χ3v) is 7.72. The van der Waals surface area contributed by atoms with Crippen LogP contribution < -0.4 is 5.32 Å². The Hall–Kier alpha value is -3.03. The fourth-order valence-corrected chi connectivity index (χ4v) is 5.35. The van der Waals surface area contributed by atoms with Crippen LogP contribution in [-0.4, -0.2) is 50.4 Å². The van der Waals surface area contributed by atoms with Gasteiger partial charge in [-0.05, 0) is 72.8 Å². The van der Waals surface area contributed by atoms with Crippen molar-refractivity contribution in [3.8, 4) is 11.1 Å². The molecular formula is C30H34ClN5O. The summed E-state index contributed by atoms with van der Waals surface area (Å²) in [5.74, 6) is 0. The molecule has 37 heavy (non-hydrogen) atoms. The lowest BCUT2D eigenvalue weighted by Crippen LogP contribution is -2.48. The van der Waals surface area contributed by atoms with Crippen LogP contribution in [0.15, 0.2) is 85.5 Å². The maximum Gasteiger partial charge on any atom is 0.137 e. The van der Waals surface area contributed by atoms with Gasteiger partial charge in [-0.25, -0.2) is 9.67 Å². The molecule has 1 aliphatic rings. The molecule has 0 spiro atoms. The Morgan fingerprint density at radius 1 is 1.00 bits per heavy atom. The molecule has 0 radical (unpaired) electrons. The van der Waals surface area contributed by atoms with Crippen molar-refractivity contribution < 1.29 is 5.11 Å². The van der Waals surface area contributed by atoms with Gasteiger partial charge in [-0.2, -0.15) is 5.10 Å². The normalized spacial score (nSPS) is 16.5. The number of hydrogen-bond acceptors (Lipinski definition) is 5. The van der Waals surface area contributed by atoms with Crippen molar-refractivity contribution in [3.05, 3.63) is 107 Å². The Labute approximate surface area is 223 Å². The van der Waals surface area contributed by atoms with Crippen LogP contribution in [0.25, 0.3) is 11.1 Å². The molecule has 7 heteroatoms. The average Bonchev–Trinajstić information content (AvgIpc) is 3.43. The van der Waals surface area contributed by atoms with Crippen molar-refractivity contribution in [1.29, 1.82) is 0 Å². The van der Waals surface area contributed by atoms with Gasteiger partial charge in [-0.1, -0.05) is 72.3 Å². The summed E-state index contributed by atoms with van der Waals surface area (Å²) >= 11 is 6.10. The molecule has 0 amide bonds. The fraction of sp³-hybridized carbons (Fsp3) is 0.333. The lowest BCUT2D eigenvalue weighted by Gasteiger charge is -2.36. The minimum atomic E-state index is -1.12. The number of halogens is 1. The van der Waals surface area contributed by atoms with Crippen LogP contribution >= 0.6 is 11.6 Å². The van der Waals surface area contributed by atoms with Gasteiger partial charge in [0.25, 0.3) is 0 Å². The van der Waals surface area contributed by atoms with Gasteiger partial charge in [0.15, 0.2) is 0 Å². The molecule has 0 aliphatic carbocycles. The van der Waals surface area contributed by atoms with Gasteiger partial charge in [0.05, 0.1) is 6.54 Å². The summed E-state index contributed by atoms with van der Waals surface area (Å²) in [7, 11) is 0. The smallest absolute Gasteiger partial charge is 0.137 e. The summed E-state index contributed by atoms with van der Waals surface area (Å²) in [5, 5.41) is 20.2. The Balaban J connectivity index is 1.19. The van der Waals surface area contributed by atoms with Gasteiger partial charge in [0.1, 0.15) is 18.3 Å². The Bertz CT molecular complexity index is 1270. The van der Waals surface area contributed by atoms with Crippen LogP contribution in [0.1, 0.15) is 29.5 Å². The van der Waals surface area contributed by atoms with Gasteiger partial charge < -0.3 is 10.4 Å². The monoisotopic (exact) mass is 515 g/mol. The molecule has 1 unspecified atom stereocenters. The van der Waals surface area contributed by atoms with E-state index in [1.165, 1.54) is 28.6 Å². The second-order valence-electron chi connectivity index (χ2n) is 10.0.